The van der Waals surface area contributed by atoms with Gasteiger partial charge in [0.2, 0.25) is 0 Å². The molecular formula is C19H25NO. The Bertz CT molecular complexity index is 510. The Morgan fingerprint density at radius 2 is 1.95 bits per heavy atom. The summed E-state index contributed by atoms with van der Waals surface area (Å²) in [6, 6.07) is 11.8. The van der Waals surface area contributed by atoms with Gasteiger partial charge in [0.05, 0.1) is 0 Å². The zero-order chi connectivity index (χ0) is 14.7. The first-order valence-corrected chi connectivity index (χ1v) is 8.29. The van der Waals surface area contributed by atoms with Gasteiger partial charge in [0, 0.05) is 24.9 Å². The van der Waals surface area contributed by atoms with Crippen LogP contribution in [0.15, 0.2) is 35.9 Å². The molecule has 0 spiro atoms. The molecular weight excluding hydrogens is 258 g/mol. The first-order valence-electron chi connectivity index (χ1n) is 8.29. The Balaban J connectivity index is 1.56. The molecule has 0 heterocycles. The Morgan fingerprint density at radius 1 is 1.24 bits per heavy atom. The van der Waals surface area contributed by atoms with Gasteiger partial charge < -0.3 is 5.32 Å². The fourth-order valence-electron chi connectivity index (χ4n) is 3.43. The van der Waals surface area contributed by atoms with Gasteiger partial charge in [0.1, 0.15) is 5.78 Å². The summed E-state index contributed by atoms with van der Waals surface area (Å²) in [5, 5.41) is 3.77. The summed E-state index contributed by atoms with van der Waals surface area (Å²) in [6.45, 7) is 2.25. The van der Waals surface area contributed by atoms with Crippen LogP contribution >= 0.6 is 0 Å². The van der Waals surface area contributed by atoms with Crippen LogP contribution in [0.5, 0.6) is 0 Å². The number of benzene rings is 1. The highest BCUT2D eigenvalue weighted by Crippen LogP contribution is 2.40. The molecule has 0 bridgehead atoms. The van der Waals surface area contributed by atoms with E-state index in [4.69, 9.17) is 0 Å². The first-order chi connectivity index (χ1) is 10.3. The van der Waals surface area contributed by atoms with Crippen molar-refractivity contribution in [3.63, 3.8) is 0 Å². The van der Waals surface area contributed by atoms with Crippen molar-refractivity contribution in [3.05, 3.63) is 41.5 Å². The SMILES string of the molecule is CC/C(=C\c1ccccc1)C1CC1NC1CCC(=O)CC1. The third kappa shape index (κ3) is 3.82. The normalized spacial score (nSPS) is 26.9. The Hall–Kier alpha value is -1.41. The molecule has 2 saturated carbocycles. The summed E-state index contributed by atoms with van der Waals surface area (Å²) in [7, 11) is 0. The molecule has 2 aliphatic rings. The highest BCUT2D eigenvalue weighted by molar-refractivity contribution is 5.79. The van der Waals surface area contributed by atoms with Crippen LogP contribution < -0.4 is 5.32 Å². The average Bonchev–Trinajstić information content (AvgIpc) is 3.27. The maximum Gasteiger partial charge on any atom is 0.133 e. The number of ketones is 1. The summed E-state index contributed by atoms with van der Waals surface area (Å²) < 4.78 is 0. The van der Waals surface area contributed by atoms with Crippen LogP contribution in [0.3, 0.4) is 0 Å². The number of carbonyl (C=O) groups excluding carboxylic acids is 1. The van der Waals surface area contributed by atoms with E-state index in [1.807, 2.05) is 0 Å². The van der Waals surface area contributed by atoms with Crippen LogP contribution in [0.25, 0.3) is 6.08 Å². The quantitative estimate of drug-likeness (QED) is 0.886. The topological polar surface area (TPSA) is 29.1 Å². The van der Waals surface area contributed by atoms with Crippen molar-refractivity contribution in [1.29, 1.82) is 0 Å². The van der Waals surface area contributed by atoms with Gasteiger partial charge in [-0.25, -0.2) is 0 Å². The van der Waals surface area contributed by atoms with Gasteiger partial charge in [0.25, 0.3) is 0 Å². The second kappa shape index (κ2) is 6.57. The zero-order valence-corrected chi connectivity index (χ0v) is 12.8. The van der Waals surface area contributed by atoms with E-state index < -0.39 is 0 Å². The molecule has 0 aliphatic heterocycles. The fraction of sp³-hybridized carbons (Fsp3) is 0.526. The molecule has 1 aromatic rings. The molecule has 0 amide bonds. The highest BCUT2D eigenvalue weighted by Gasteiger charge is 2.40. The van der Waals surface area contributed by atoms with Crippen molar-refractivity contribution in [3.8, 4) is 0 Å². The lowest BCUT2D eigenvalue weighted by molar-refractivity contribution is -0.120. The lowest BCUT2D eigenvalue weighted by Gasteiger charge is -2.22. The van der Waals surface area contributed by atoms with Crippen LogP contribution in [0.2, 0.25) is 0 Å². The molecule has 3 rings (SSSR count). The van der Waals surface area contributed by atoms with E-state index in [-0.39, 0.29) is 0 Å². The summed E-state index contributed by atoms with van der Waals surface area (Å²) in [5.41, 5.74) is 2.87. The van der Waals surface area contributed by atoms with Crippen molar-refractivity contribution in [2.45, 2.75) is 57.5 Å². The van der Waals surface area contributed by atoms with E-state index in [9.17, 15) is 4.79 Å². The molecule has 0 radical (unpaired) electrons. The van der Waals surface area contributed by atoms with Gasteiger partial charge in [0.15, 0.2) is 0 Å². The molecule has 2 fully saturated rings. The van der Waals surface area contributed by atoms with E-state index in [1.165, 1.54) is 12.0 Å². The van der Waals surface area contributed by atoms with Gasteiger partial charge in [-0.05, 0) is 37.2 Å². The van der Waals surface area contributed by atoms with E-state index >= 15 is 0 Å². The second-order valence-corrected chi connectivity index (χ2v) is 6.41. The summed E-state index contributed by atoms with van der Waals surface area (Å²) in [4.78, 5) is 11.3. The van der Waals surface area contributed by atoms with Crippen LogP contribution in [0, 0.1) is 5.92 Å². The molecule has 2 unspecified atom stereocenters. The second-order valence-electron chi connectivity index (χ2n) is 6.41. The minimum absolute atomic E-state index is 0.443. The standard InChI is InChI=1S/C19H25NO/c1-2-15(12-14-6-4-3-5-7-14)18-13-19(18)20-16-8-10-17(21)11-9-16/h3-7,12,16,18-20H,2,8-11,13H2,1H3/b15-12+. The van der Waals surface area contributed by atoms with Crippen LogP contribution in [-0.4, -0.2) is 17.9 Å². The average molecular weight is 283 g/mol. The van der Waals surface area contributed by atoms with Gasteiger partial charge in [-0.1, -0.05) is 48.9 Å². The molecule has 1 aromatic carbocycles. The van der Waals surface area contributed by atoms with E-state index in [1.54, 1.807) is 5.57 Å². The van der Waals surface area contributed by atoms with E-state index in [0.29, 0.717) is 23.8 Å². The van der Waals surface area contributed by atoms with Gasteiger partial charge in [-0.3, -0.25) is 4.79 Å². The molecule has 2 atom stereocenters. The van der Waals surface area contributed by atoms with E-state index in [0.717, 1.165) is 32.1 Å². The maximum absolute atomic E-state index is 11.3. The Kier molecular flexibility index (Phi) is 4.54. The first kappa shape index (κ1) is 14.5. The molecule has 0 aromatic heterocycles. The van der Waals surface area contributed by atoms with Crippen molar-refractivity contribution in [2.75, 3.05) is 0 Å². The van der Waals surface area contributed by atoms with E-state index in [2.05, 4.69) is 48.6 Å². The predicted molar refractivity (Wildman–Crippen MR) is 87.0 cm³/mol. The van der Waals surface area contributed by atoms with Crippen molar-refractivity contribution in [2.24, 2.45) is 5.92 Å². The van der Waals surface area contributed by atoms with Crippen molar-refractivity contribution >= 4 is 11.9 Å². The number of Topliss-reactive ketones (excluding diaryl/α,β-unsaturated/α-hetero) is 1. The number of hydrogen-bond donors (Lipinski definition) is 1. The zero-order valence-electron chi connectivity index (χ0n) is 12.8. The summed E-state index contributed by atoms with van der Waals surface area (Å²) in [5.74, 6) is 1.14. The lowest BCUT2D eigenvalue weighted by atomic mass is 9.94. The Labute approximate surface area is 127 Å². The maximum atomic E-state index is 11.3. The van der Waals surface area contributed by atoms with Gasteiger partial charge in [-0.2, -0.15) is 0 Å². The molecule has 0 saturated heterocycles. The predicted octanol–water partition coefficient (Wildman–Crippen LogP) is 3.97. The third-order valence-electron chi connectivity index (χ3n) is 4.82. The summed E-state index contributed by atoms with van der Waals surface area (Å²) in [6.07, 6.45) is 8.36. The number of nitrogens with one attached hydrogen (secondary N) is 1. The van der Waals surface area contributed by atoms with Crippen molar-refractivity contribution < 1.29 is 4.79 Å². The third-order valence-corrected chi connectivity index (χ3v) is 4.82. The van der Waals surface area contributed by atoms with Gasteiger partial charge >= 0.3 is 0 Å². The molecule has 112 valence electrons. The van der Waals surface area contributed by atoms with Crippen molar-refractivity contribution in [1.82, 2.24) is 5.32 Å². The smallest absolute Gasteiger partial charge is 0.133 e. The molecule has 2 aliphatic carbocycles. The fourth-order valence-corrected chi connectivity index (χ4v) is 3.43. The highest BCUT2D eigenvalue weighted by atomic mass is 16.1. The number of carbonyl (C=O) groups is 1. The number of rotatable bonds is 5. The minimum atomic E-state index is 0.443. The van der Waals surface area contributed by atoms with Crippen LogP contribution in [-0.2, 0) is 4.79 Å². The lowest BCUT2D eigenvalue weighted by Crippen LogP contribution is -2.35. The monoisotopic (exact) mass is 283 g/mol. The largest absolute Gasteiger partial charge is 0.311 e. The van der Waals surface area contributed by atoms with Gasteiger partial charge in [-0.15, -0.1) is 0 Å². The molecule has 2 heteroatoms. The Morgan fingerprint density at radius 3 is 2.62 bits per heavy atom. The number of hydrogen-bond acceptors (Lipinski definition) is 2. The minimum Gasteiger partial charge on any atom is -0.311 e. The molecule has 2 nitrogen and oxygen atoms in total. The molecule has 1 N–H and O–H groups in total. The van der Waals surface area contributed by atoms with Crippen LogP contribution in [0.1, 0.15) is 51.0 Å². The summed E-state index contributed by atoms with van der Waals surface area (Å²) >= 11 is 0. The van der Waals surface area contributed by atoms with Crippen LogP contribution in [0.4, 0.5) is 0 Å². The molecule has 21 heavy (non-hydrogen) atoms.